The van der Waals surface area contributed by atoms with Crippen LogP contribution in [0.15, 0.2) is 41.7 Å². The van der Waals surface area contributed by atoms with Crippen LogP contribution in [-0.4, -0.2) is 36.2 Å². The molecule has 9 nitrogen and oxygen atoms in total. The number of thioether (sulfide) groups is 1. The van der Waals surface area contributed by atoms with Gasteiger partial charge in [0.05, 0.1) is 11.9 Å². The molecule has 0 aliphatic heterocycles. The lowest BCUT2D eigenvalue weighted by Crippen LogP contribution is -2.28. The Morgan fingerprint density at radius 1 is 1.32 bits per heavy atom. The number of carbonyl (C=O) groups is 1. The van der Waals surface area contributed by atoms with Crippen molar-refractivity contribution in [1.82, 2.24) is 24.5 Å². The van der Waals surface area contributed by atoms with E-state index in [4.69, 9.17) is 5.73 Å². The van der Waals surface area contributed by atoms with Crippen molar-refractivity contribution in [3.63, 3.8) is 0 Å². The Morgan fingerprint density at radius 3 is 2.71 bits per heavy atom. The molecule has 3 aromatic rings. The fourth-order valence-corrected chi connectivity index (χ4v) is 3.53. The van der Waals surface area contributed by atoms with Crippen LogP contribution in [0.25, 0.3) is 5.69 Å². The smallest absolute Gasteiger partial charge is 0.248 e. The molecule has 0 saturated heterocycles. The summed E-state index contributed by atoms with van der Waals surface area (Å²) in [6.07, 6.45) is 1.90. The topological polar surface area (TPSA) is 127 Å². The van der Waals surface area contributed by atoms with Gasteiger partial charge in [-0.15, -0.1) is 10.2 Å². The van der Waals surface area contributed by atoms with Crippen molar-refractivity contribution >= 4 is 29.4 Å². The average molecular weight is 396 g/mol. The standard InChI is InChI=1S/C18H20N8OS/c1-3-14(25-17(20)23-24-18(25)28-4-2)16(27)22-15-12(10-19)11-21-26(15)13-8-6-5-7-9-13/h5-9,11,14H,3-4H2,1-2H3,(H2,20,23)(H,22,27). The SMILES string of the molecule is CCSc1nnc(N)n1C(CC)C(=O)Nc1c(C#N)cnn1-c1ccccc1. The minimum Gasteiger partial charge on any atom is -0.368 e. The second kappa shape index (κ2) is 8.58. The van der Waals surface area contributed by atoms with E-state index in [1.54, 1.807) is 4.57 Å². The van der Waals surface area contributed by atoms with E-state index in [1.165, 1.54) is 22.6 Å². The quantitative estimate of drug-likeness (QED) is 0.588. The molecule has 1 atom stereocenters. The maximum Gasteiger partial charge on any atom is 0.248 e. The van der Waals surface area contributed by atoms with Gasteiger partial charge in [-0.3, -0.25) is 9.36 Å². The van der Waals surface area contributed by atoms with Gasteiger partial charge in [0, 0.05) is 0 Å². The molecule has 0 bridgehead atoms. The van der Waals surface area contributed by atoms with Crippen molar-refractivity contribution in [2.75, 3.05) is 16.8 Å². The first-order valence-corrected chi connectivity index (χ1v) is 9.76. The van der Waals surface area contributed by atoms with E-state index >= 15 is 0 Å². The van der Waals surface area contributed by atoms with Crippen molar-refractivity contribution in [3.05, 3.63) is 42.1 Å². The molecule has 3 rings (SSSR count). The predicted molar refractivity (Wildman–Crippen MR) is 107 cm³/mol. The van der Waals surface area contributed by atoms with Gasteiger partial charge in [0.1, 0.15) is 17.7 Å². The van der Waals surface area contributed by atoms with Crippen molar-refractivity contribution < 1.29 is 4.79 Å². The van der Waals surface area contributed by atoms with Crippen LogP contribution in [0, 0.1) is 11.3 Å². The van der Waals surface area contributed by atoms with Crippen molar-refractivity contribution in [2.24, 2.45) is 0 Å². The van der Waals surface area contributed by atoms with Crippen LogP contribution in [0.4, 0.5) is 11.8 Å². The number of nitriles is 1. The predicted octanol–water partition coefficient (Wildman–Crippen LogP) is 2.62. The van der Waals surface area contributed by atoms with Crippen molar-refractivity contribution in [2.45, 2.75) is 31.5 Å². The van der Waals surface area contributed by atoms with E-state index < -0.39 is 6.04 Å². The molecule has 2 heterocycles. The van der Waals surface area contributed by atoms with Gasteiger partial charge in [0.2, 0.25) is 11.9 Å². The zero-order valence-electron chi connectivity index (χ0n) is 15.5. The molecule has 0 aliphatic carbocycles. The number of hydrogen-bond donors (Lipinski definition) is 2. The van der Waals surface area contributed by atoms with Crippen LogP contribution >= 0.6 is 11.8 Å². The van der Waals surface area contributed by atoms with Gasteiger partial charge in [0.25, 0.3) is 0 Å². The van der Waals surface area contributed by atoms with Gasteiger partial charge in [0.15, 0.2) is 11.0 Å². The Hall–Kier alpha value is -3.32. The number of benzene rings is 1. The molecule has 2 aromatic heterocycles. The van der Waals surface area contributed by atoms with Crippen LogP contribution < -0.4 is 11.1 Å². The summed E-state index contributed by atoms with van der Waals surface area (Å²) in [4.78, 5) is 13.1. The Labute approximate surface area is 166 Å². The summed E-state index contributed by atoms with van der Waals surface area (Å²) in [5, 5.41) is 25.0. The largest absolute Gasteiger partial charge is 0.368 e. The fraction of sp³-hybridized carbons (Fsp3) is 0.278. The van der Waals surface area contributed by atoms with E-state index in [2.05, 4.69) is 26.7 Å². The molecular formula is C18H20N8OS. The number of anilines is 2. The minimum atomic E-state index is -0.616. The number of nitrogens with one attached hydrogen (secondary N) is 1. The second-order valence-electron chi connectivity index (χ2n) is 5.82. The van der Waals surface area contributed by atoms with Crippen molar-refractivity contribution in [3.8, 4) is 11.8 Å². The summed E-state index contributed by atoms with van der Waals surface area (Å²) in [5.41, 5.74) is 6.97. The number of carbonyl (C=O) groups excluding carboxylic acids is 1. The lowest BCUT2D eigenvalue weighted by Gasteiger charge is -2.19. The summed E-state index contributed by atoms with van der Waals surface area (Å²) < 4.78 is 3.15. The highest BCUT2D eigenvalue weighted by Gasteiger charge is 2.26. The highest BCUT2D eigenvalue weighted by molar-refractivity contribution is 7.99. The van der Waals surface area contributed by atoms with Gasteiger partial charge in [-0.05, 0) is 24.3 Å². The molecular weight excluding hydrogens is 376 g/mol. The molecule has 10 heteroatoms. The molecule has 0 aliphatic rings. The Bertz CT molecular complexity index is 1000. The third kappa shape index (κ3) is 3.70. The Kier molecular flexibility index (Phi) is 5.96. The Balaban J connectivity index is 1.96. The molecule has 144 valence electrons. The molecule has 3 N–H and O–H groups in total. The summed E-state index contributed by atoms with van der Waals surface area (Å²) in [5.74, 6) is 0.944. The third-order valence-corrected chi connectivity index (χ3v) is 4.92. The Morgan fingerprint density at radius 2 is 2.07 bits per heavy atom. The first-order chi connectivity index (χ1) is 13.6. The average Bonchev–Trinajstić information content (AvgIpc) is 3.28. The highest BCUT2D eigenvalue weighted by Crippen LogP contribution is 2.27. The van der Waals surface area contributed by atoms with Crippen LogP contribution in [0.1, 0.15) is 31.9 Å². The van der Waals surface area contributed by atoms with Gasteiger partial charge in [-0.25, -0.2) is 4.68 Å². The molecule has 0 saturated carbocycles. The second-order valence-corrected chi connectivity index (χ2v) is 7.05. The number of hydrogen-bond acceptors (Lipinski definition) is 7. The minimum absolute atomic E-state index is 0.176. The van der Waals surface area contributed by atoms with Crippen LogP contribution in [0.5, 0.6) is 0 Å². The number of nitrogen functional groups attached to an aromatic ring is 1. The highest BCUT2D eigenvalue weighted by atomic mass is 32.2. The van der Waals surface area contributed by atoms with Crippen molar-refractivity contribution in [1.29, 1.82) is 5.26 Å². The van der Waals surface area contributed by atoms with E-state index in [1.807, 2.05) is 44.2 Å². The van der Waals surface area contributed by atoms with Gasteiger partial charge >= 0.3 is 0 Å². The zero-order valence-corrected chi connectivity index (χ0v) is 16.3. The number of nitrogens with two attached hydrogens (primary N) is 1. The first-order valence-electron chi connectivity index (χ1n) is 8.78. The monoisotopic (exact) mass is 396 g/mol. The molecule has 1 aromatic carbocycles. The van der Waals surface area contributed by atoms with Gasteiger partial charge < -0.3 is 11.1 Å². The molecule has 1 unspecified atom stereocenters. The summed E-state index contributed by atoms with van der Waals surface area (Å²) in [6.45, 7) is 3.86. The van der Waals surface area contributed by atoms with E-state index in [0.717, 1.165) is 11.4 Å². The zero-order chi connectivity index (χ0) is 20.1. The van der Waals surface area contributed by atoms with E-state index in [0.29, 0.717) is 17.4 Å². The summed E-state index contributed by atoms with van der Waals surface area (Å²) in [7, 11) is 0. The number of rotatable bonds is 7. The maximum atomic E-state index is 13.1. The van der Waals surface area contributed by atoms with Crippen LogP contribution in [-0.2, 0) is 4.79 Å². The molecule has 0 spiro atoms. The number of aromatic nitrogens is 5. The van der Waals surface area contributed by atoms with E-state index in [-0.39, 0.29) is 17.4 Å². The molecule has 28 heavy (non-hydrogen) atoms. The summed E-state index contributed by atoms with van der Waals surface area (Å²) in [6, 6.07) is 10.7. The maximum absolute atomic E-state index is 13.1. The van der Waals surface area contributed by atoms with Crippen LogP contribution in [0.3, 0.4) is 0 Å². The molecule has 0 radical (unpaired) electrons. The molecule has 0 fully saturated rings. The number of amides is 1. The fourth-order valence-electron chi connectivity index (χ4n) is 2.81. The van der Waals surface area contributed by atoms with E-state index in [9.17, 15) is 10.1 Å². The van der Waals surface area contributed by atoms with Crippen LogP contribution in [0.2, 0.25) is 0 Å². The lowest BCUT2D eigenvalue weighted by molar-refractivity contribution is -0.119. The lowest BCUT2D eigenvalue weighted by atomic mass is 10.2. The summed E-state index contributed by atoms with van der Waals surface area (Å²) >= 11 is 1.46. The normalized spacial score (nSPS) is 11.8. The molecule has 1 amide bonds. The van der Waals surface area contributed by atoms with Gasteiger partial charge in [-0.1, -0.05) is 43.8 Å². The number of nitrogens with zero attached hydrogens (tertiary/aromatic N) is 6. The number of para-hydroxylation sites is 1. The van der Waals surface area contributed by atoms with Gasteiger partial charge in [-0.2, -0.15) is 10.4 Å². The first kappa shape index (κ1) is 19.4. The third-order valence-electron chi connectivity index (χ3n) is 4.10.